The lowest BCUT2D eigenvalue weighted by Gasteiger charge is -2.25. The molecule has 0 bridgehead atoms. The van der Waals surface area contributed by atoms with Gasteiger partial charge in [0.05, 0.1) is 6.54 Å². The second kappa shape index (κ2) is 11.4. The summed E-state index contributed by atoms with van der Waals surface area (Å²) in [5.74, 6) is 0.590. The monoisotopic (exact) mass is 489 g/mol. The van der Waals surface area contributed by atoms with Gasteiger partial charge in [0.2, 0.25) is 5.91 Å². The lowest BCUT2D eigenvalue weighted by molar-refractivity contribution is -0.135. The number of ether oxygens (including phenoxy) is 1. The van der Waals surface area contributed by atoms with Crippen LogP contribution in [0.25, 0.3) is 0 Å². The van der Waals surface area contributed by atoms with Gasteiger partial charge in [0, 0.05) is 24.1 Å². The molecule has 8 nitrogen and oxygen atoms in total. The second-order valence-electron chi connectivity index (χ2n) is 9.80. The van der Waals surface area contributed by atoms with Crippen molar-refractivity contribution in [3.05, 3.63) is 35.4 Å². The fourth-order valence-electron chi connectivity index (χ4n) is 4.07. The summed E-state index contributed by atoms with van der Waals surface area (Å²) in [6, 6.07) is 7.50. The van der Waals surface area contributed by atoms with Crippen molar-refractivity contribution in [1.29, 1.82) is 0 Å². The average molecular weight is 490 g/mol. The Kier molecular flexibility index (Phi) is 8.76. The largest absolute Gasteiger partial charge is 0.444 e. The molecule has 186 valence electrons. The fraction of sp³-hybridized carbons (Fsp3) is 0.600. The van der Waals surface area contributed by atoms with Crippen LogP contribution >= 0.6 is 11.8 Å². The number of nitrogens with zero attached hydrogens (tertiary/aromatic N) is 1. The molecule has 3 rings (SSSR count). The van der Waals surface area contributed by atoms with Gasteiger partial charge in [0.1, 0.15) is 18.2 Å². The maximum atomic E-state index is 13.4. The molecule has 2 N–H and O–H groups in total. The number of benzene rings is 1. The average Bonchev–Trinajstić information content (AvgIpc) is 3.42. The van der Waals surface area contributed by atoms with Gasteiger partial charge in [-0.2, -0.15) is 0 Å². The Morgan fingerprint density at radius 2 is 1.82 bits per heavy atom. The number of Topliss-reactive ketones (excluding diaryl/α,β-unsaturated/α-hetero) is 2. The van der Waals surface area contributed by atoms with Gasteiger partial charge in [0.25, 0.3) is 0 Å². The predicted octanol–water partition coefficient (Wildman–Crippen LogP) is 2.51. The zero-order chi connectivity index (χ0) is 24.9. The minimum atomic E-state index is -0.848. The van der Waals surface area contributed by atoms with Gasteiger partial charge in [0.15, 0.2) is 11.6 Å². The molecule has 0 aromatic heterocycles. The van der Waals surface area contributed by atoms with Crippen molar-refractivity contribution in [2.75, 3.05) is 31.3 Å². The van der Waals surface area contributed by atoms with Crippen molar-refractivity contribution < 1.29 is 23.9 Å². The molecule has 1 aromatic rings. The number of ketones is 2. The molecular formula is C25H35N3O5S. The standard InChI is InChI=1S/C25H35N3O5S/c1-5-16-6-8-17(9-7-16)18-12-19(18)23(31)22(28-10-11-34-15-28)20(29)13-26-21(30)14-27-24(32)33-25(2,3)4/h6-9,18-19,22H,5,10-15H2,1-4H3,(H,26,30)(H,27,32). The topological polar surface area (TPSA) is 105 Å². The van der Waals surface area contributed by atoms with E-state index < -0.39 is 23.6 Å². The predicted molar refractivity (Wildman–Crippen MR) is 132 cm³/mol. The van der Waals surface area contributed by atoms with Crippen LogP contribution < -0.4 is 10.6 Å². The normalized spacial score (nSPS) is 20.9. The molecule has 34 heavy (non-hydrogen) atoms. The zero-order valence-corrected chi connectivity index (χ0v) is 21.2. The summed E-state index contributed by atoms with van der Waals surface area (Å²) in [4.78, 5) is 52.2. The Hall–Kier alpha value is -2.39. The van der Waals surface area contributed by atoms with Crippen molar-refractivity contribution in [3.8, 4) is 0 Å². The molecule has 3 atom stereocenters. The lowest BCUT2D eigenvalue weighted by atomic mass is 9.98. The summed E-state index contributed by atoms with van der Waals surface area (Å²) >= 11 is 1.69. The highest BCUT2D eigenvalue weighted by Crippen LogP contribution is 2.49. The van der Waals surface area contributed by atoms with Gasteiger partial charge in [-0.25, -0.2) is 4.79 Å². The van der Waals surface area contributed by atoms with E-state index >= 15 is 0 Å². The highest BCUT2D eigenvalue weighted by Gasteiger charge is 2.49. The van der Waals surface area contributed by atoms with Gasteiger partial charge in [-0.15, -0.1) is 11.8 Å². The zero-order valence-electron chi connectivity index (χ0n) is 20.4. The Morgan fingerprint density at radius 1 is 1.12 bits per heavy atom. The summed E-state index contributed by atoms with van der Waals surface area (Å²) in [7, 11) is 0. The number of amides is 2. The van der Waals surface area contributed by atoms with Crippen LogP contribution in [0.15, 0.2) is 24.3 Å². The number of hydrogen-bond acceptors (Lipinski definition) is 7. The molecular weight excluding hydrogens is 454 g/mol. The van der Waals surface area contributed by atoms with E-state index in [9.17, 15) is 19.2 Å². The molecule has 1 saturated heterocycles. The molecule has 1 aliphatic heterocycles. The van der Waals surface area contributed by atoms with E-state index in [1.165, 1.54) is 5.56 Å². The second-order valence-corrected chi connectivity index (χ2v) is 10.9. The van der Waals surface area contributed by atoms with Gasteiger partial charge >= 0.3 is 6.09 Å². The third-order valence-electron chi connectivity index (χ3n) is 5.94. The van der Waals surface area contributed by atoms with Crippen LogP contribution in [-0.2, 0) is 25.5 Å². The molecule has 2 fully saturated rings. The molecule has 1 saturated carbocycles. The number of nitrogens with one attached hydrogen (secondary N) is 2. The summed E-state index contributed by atoms with van der Waals surface area (Å²) in [5.41, 5.74) is 1.72. The molecule has 1 aromatic carbocycles. The van der Waals surface area contributed by atoms with Crippen molar-refractivity contribution in [3.63, 3.8) is 0 Å². The maximum absolute atomic E-state index is 13.4. The van der Waals surface area contributed by atoms with Crippen LogP contribution in [0.5, 0.6) is 0 Å². The van der Waals surface area contributed by atoms with E-state index in [1.54, 1.807) is 32.5 Å². The highest BCUT2D eigenvalue weighted by atomic mass is 32.2. The highest BCUT2D eigenvalue weighted by molar-refractivity contribution is 7.99. The number of hydrogen-bond donors (Lipinski definition) is 2. The number of carbonyl (C=O) groups excluding carboxylic acids is 4. The van der Waals surface area contributed by atoms with E-state index in [0.717, 1.165) is 24.2 Å². The van der Waals surface area contributed by atoms with E-state index in [-0.39, 0.29) is 36.5 Å². The van der Waals surface area contributed by atoms with Crippen molar-refractivity contribution in [2.24, 2.45) is 5.92 Å². The Balaban J connectivity index is 1.55. The lowest BCUT2D eigenvalue weighted by Crippen LogP contribution is -2.50. The summed E-state index contributed by atoms with van der Waals surface area (Å²) in [5, 5.41) is 4.89. The minimum absolute atomic E-state index is 0.0572. The fourth-order valence-corrected chi connectivity index (χ4v) is 5.07. The van der Waals surface area contributed by atoms with Crippen LogP contribution in [-0.4, -0.2) is 71.4 Å². The Bertz CT molecular complexity index is 906. The van der Waals surface area contributed by atoms with E-state index in [0.29, 0.717) is 12.4 Å². The van der Waals surface area contributed by atoms with Crippen molar-refractivity contribution >= 4 is 35.3 Å². The molecule has 9 heteroatoms. The molecule has 0 spiro atoms. The Morgan fingerprint density at radius 3 is 2.41 bits per heavy atom. The number of carbonyl (C=O) groups is 4. The Labute approximate surface area is 205 Å². The third-order valence-corrected chi connectivity index (χ3v) is 6.93. The molecule has 3 unspecified atom stereocenters. The van der Waals surface area contributed by atoms with Gasteiger partial charge in [-0.3, -0.25) is 19.3 Å². The molecule has 0 radical (unpaired) electrons. The first-order chi connectivity index (χ1) is 16.1. The molecule has 2 amide bonds. The molecule has 2 aliphatic rings. The van der Waals surface area contributed by atoms with E-state index in [1.807, 2.05) is 4.90 Å². The van der Waals surface area contributed by atoms with Crippen LogP contribution in [0.3, 0.4) is 0 Å². The van der Waals surface area contributed by atoms with Crippen molar-refractivity contribution in [1.82, 2.24) is 15.5 Å². The number of aryl methyl sites for hydroxylation is 1. The van der Waals surface area contributed by atoms with Crippen LogP contribution in [0, 0.1) is 5.92 Å². The number of thioether (sulfide) groups is 1. The minimum Gasteiger partial charge on any atom is -0.444 e. The van der Waals surface area contributed by atoms with Gasteiger partial charge in [-0.05, 0) is 50.7 Å². The smallest absolute Gasteiger partial charge is 0.408 e. The first-order valence-corrected chi connectivity index (χ1v) is 12.9. The number of alkyl carbamates (subject to hydrolysis) is 1. The van der Waals surface area contributed by atoms with Crippen LogP contribution in [0.1, 0.15) is 51.2 Å². The first kappa shape index (κ1) is 26.2. The summed E-state index contributed by atoms with van der Waals surface area (Å²) in [6.07, 6.45) is 1.01. The summed E-state index contributed by atoms with van der Waals surface area (Å²) < 4.78 is 5.09. The van der Waals surface area contributed by atoms with Crippen LogP contribution in [0.2, 0.25) is 0 Å². The maximum Gasteiger partial charge on any atom is 0.408 e. The van der Waals surface area contributed by atoms with Gasteiger partial charge in [-0.1, -0.05) is 31.2 Å². The third kappa shape index (κ3) is 7.30. The quantitative estimate of drug-likeness (QED) is 0.487. The van der Waals surface area contributed by atoms with Crippen molar-refractivity contribution in [2.45, 2.75) is 58.1 Å². The van der Waals surface area contributed by atoms with E-state index in [2.05, 4.69) is 41.8 Å². The van der Waals surface area contributed by atoms with E-state index in [4.69, 9.17) is 4.74 Å². The van der Waals surface area contributed by atoms with Crippen LogP contribution in [0.4, 0.5) is 4.79 Å². The first-order valence-electron chi connectivity index (χ1n) is 11.8. The summed E-state index contributed by atoms with van der Waals surface area (Å²) in [6.45, 7) is 7.39. The SMILES string of the molecule is CCc1ccc(C2CC2C(=O)C(C(=O)CNC(=O)CNC(=O)OC(C)(C)C)N2CCSC2)cc1. The van der Waals surface area contributed by atoms with Gasteiger partial charge < -0.3 is 15.4 Å². The number of rotatable bonds is 10. The molecule has 1 aliphatic carbocycles. The molecule has 1 heterocycles.